The van der Waals surface area contributed by atoms with Crippen molar-refractivity contribution in [3.8, 4) is 0 Å². The highest BCUT2D eigenvalue weighted by Crippen LogP contribution is 2.17. The average molecular weight is 544 g/mol. The SMILES string of the molecule is CCOC(=O)/C=C/[C@H](C[C@@H]1CCNC1=O)NC(=O)[C@H](CC(C)C)NC(=O)[C@@H](NC(=O)NCCCl)C(C)C. The van der Waals surface area contributed by atoms with E-state index in [1.807, 2.05) is 13.8 Å². The molecule has 1 saturated heterocycles. The van der Waals surface area contributed by atoms with Crippen LogP contribution in [0.1, 0.15) is 53.9 Å². The topological polar surface area (TPSA) is 155 Å². The number of nitrogens with one attached hydrogen (secondary N) is 5. The molecule has 0 aromatic rings. The lowest BCUT2D eigenvalue weighted by molar-refractivity contribution is -0.137. The molecule has 1 rings (SSSR count). The third kappa shape index (κ3) is 12.3. The molecule has 210 valence electrons. The van der Waals surface area contributed by atoms with Crippen LogP contribution in [0.25, 0.3) is 0 Å². The fourth-order valence-electron chi connectivity index (χ4n) is 3.88. The number of ether oxygens (including phenoxy) is 1. The maximum atomic E-state index is 13.3. The Hall–Kier alpha value is -2.82. The molecule has 1 fully saturated rings. The molecule has 0 aliphatic carbocycles. The Morgan fingerprint density at radius 1 is 1.11 bits per heavy atom. The molecule has 0 aromatic carbocycles. The lowest BCUT2D eigenvalue weighted by Crippen LogP contribution is -2.57. The molecule has 1 aliphatic rings. The first kappa shape index (κ1) is 32.2. The minimum Gasteiger partial charge on any atom is -0.463 e. The number of alkyl halides is 1. The van der Waals surface area contributed by atoms with Crippen LogP contribution in [0.3, 0.4) is 0 Å². The molecule has 5 amide bonds. The van der Waals surface area contributed by atoms with E-state index >= 15 is 0 Å². The van der Waals surface area contributed by atoms with Crippen molar-refractivity contribution in [2.24, 2.45) is 17.8 Å². The molecule has 37 heavy (non-hydrogen) atoms. The smallest absolute Gasteiger partial charge is 0.330 e. The van der Waals surface area contributed by atoms with Gasteiger partial charge in [0, 0.05) is 37.0 Å². The van der Waals surface area contributed by atoms with E-state index in [0.29, 0.717) is 25.8 Å². The summed E-state index contributed by atoms with van der Waals surface area (Å²) in [6, 6.07) is -2.92. The first-order chi connectivity index (χ1) is 17.5. The van der Waals surface area contributed by atoms with Gasteiger partial charge in [0.1, 0.15) is 12.1 Å². The third-order valence-corrected chi connectivity index (χ3v) is 5.92. The number of hydrogen-bond acceptors (Lipinski definition) is 6. The van der Waals surface area contributed by atoms with Crippen molar-refractivity contribution < 1.29 is 28.7 Å². The monoisotopic (exact) mass is 543 g/mol. The van der Waals surface area contributed by atoms with E-state index in [2.05, 4.69) is 26.6 Å². The summed E-state index contributed by atoms with van der Waals surface area (Å²) in [5.74, 6) is -1.85. The Balaban J connectivity index is 3.01. The maximum absolute atomic E-state index is 13.3. The van der Waals surface area contributed by atoms with Gasteiger partial charge in [-0.2, -0.15) is 0 Å². The van der Waals surface area contributed by atoms with E-state index in [-0.39, 0.29) is 42.7 Å². The van der Waals surface area contributed by atoms with Crippen LogP contribution in [0.5, 0.6) is 0 Å². The Labute approximate surface area is 224 Å². The summed E-state index contributed by atoms with van der Waals surface area (Å²) in [6.45, 7) is 10.1. The first-order valence-corrected chi connectivity index (χ1v) is 13.4. The molecule has 0 radical (unpaired) electrons. The molecule has 4 atom stereocenters. The van der Waals surface area contributed by atoms with Crippen LogP contribution < -0.4 is 26.6 Å². The van der Waals surface area contributed by atoms with E-state index < -0.39 is 41.9 Å². The zero-order valence-electron chi connectivity index (χ0n) is 22.4. The molecule has 0 saturated carbocycles. The largest absolute Gasteiger partial charge is 0.463 e. The van der Waals surface area contributed by atoms with Gasteiger partial charge in [-0.05, 0) is 38.0 Å². The molecular weight excluding hydrogens is 502 g/mol. The Bertz CT molecular complexity index is 819. The van der Waals surface area contributed by atoms with Crippen LogP contribution in [0.2, 0.25) is 0 Å². The van der Waals surface area contributed by atoms with Gasteiger partial charge in [0.2, 0.25) is 17.7 Å². The number of carbonyl (C=O) groups excluding carboxylic acids is 5. The number of urea groups is 1. The van der Waals surface area contributed by atoms with Gasteiger partial charge in [0.25, 0.3) is 0 Å². The molecule has 0 spiro atoms. The van der Waals surface area contributed by atoms with Crippen LogP contribution in [-0.4, -0.2) is 73.4 Å². The van der Waals surface area contributed by atoms with Crippen molar-refractivity contribution in [3.05, 3.63) is 12.2 Å². The molecule has 5 N–H and O–H groups in total. The molecule has 0 aromatic heterocycles. The van der Waals surface area contributed by atoms with E-state index in [9.17, 15) is 24.0 Å². The van der Waals surface area contributed by atoms with Crippen molar-refractivity contribution in [3.63, 3.8) is 0 Å². The predicted molar refractivity (Wildman–Crippen MR) is 141 cm³/mol. The number of halogens is 1. The van der Waals surface area contributed by atoms with Crippen molar-refractivity contribution in [1.29, 1.82) is 0 Å². The molecule has 1 heterocycles. The second-order valence-electron chi connectivity index (χ2n) is 9.74. The second-order valence-corrected chi connectivity index (χ2v) is 10.1. The normalized spacial score (nSPS) is 17.7. The fraction of sp³-hybridized carbons (Fsp3) is 0.720. The quantitative estimate of drug-likeness (QED) is 0.119. The summed E-state index contributed by atoms with van der Waals surface area (Å²) >= 11 is 5.60. The van der Waals surface area contributed by atoms with Gasteiger partial charge in [0.05, 0.1) is 6.61 Å². The van der Waals surface area contributed by atoms with E-state index in [4.69, 9.17) is 16.3 Å². The molecule has 11 nitrogen and oxygen atoms in total. The van der Waals surface area contributed by atoms with E-state index in [0.717, 1.165) is 0 Å². The van der Waals surface area contributed by atoms with Crippen LogP contribution in [0.4, 0.5) is 4.79 Å². The van der Waals surface area contributed by atoms with E-state index in [1.54, 1.807) is 20.8 Å². The van der Waals surface area contributed by atoms with Gasteiger partial charge in [-0.15, -0.1) is 11.6 Å². The zero-order chi connectivity index (χ0) is 28.0. The van der Waals surface area contributed by atoms with E-state index in [1.165, 1.54) is 12.2 Å². The van der Waals surface area contributed by atoms with Gasteiger partial charge in [-0.3, -0.25) is 14.4 Å². The fourth-order valence-corrected chi connectivity index (χ4v) is 3.98. The summed E-state index contributed by atoms with van der Waals surface area (Å²) in [4.78, 5) is 62.5. The van der Waals surface area contributed by atoms with Gasteiger partial charge >= 0.3 is 12.0 Å². The highest BCUT2D eigenvalue weighted by atomic mass is 35.5. The van der Waals surface area contributed by atoms with Gasteiger partial charge in [0.15, 0.2) is 0 Å². The number of amides is 5. The second kappa shape index (κ2) is 16.8. The highest BCUT2D eigenvalue weighted by Gasteiger charge is 2.31. The Morgan fingerprint density at radius 3 is 2.35 bits per heavy atom. The van der Waals surface area contributed by atoms with Crippen molar-refractivity contribution in [2.75, 3.05) is 25.6 Å². The molecule has 12 heteroatoms. The first-order valence-electron chi connectivity index (χ1n) is 12.8. The summed E-state index contributed by atoms with van der Waals surface area (Å²) in [5.41, 5.74) is 0. The summed E-state index contributed by atoms with van der Waals surface area (Å²) in [7, 11) is 0. The standard InChI is InChI=1S/C25H42ClN5O6/c1-6-37-20(32)8-7-18(14-17-9-11-27-22(17)33)29-23(34)19(13-15(2)3)30-24(35)21(16(4)5)31-25(36)28-12-10-26/h7-8,15-19,21H,6,9-14H2,1-5H3,(H,27,33)(H,29,34)(H,30,35)(H2,28,31,36)/b8-7+/t17-,18+,19-,21-/m0/s1. The van der Waals surface area contributed by atoms with Gasteiger partial charge < -0.3 is 31.3 Å². The lowest BCUT2D eigenvalue weighted by atomic mass is 9.96. The van der Waals surface area contributed by atoms with Crippen molar-refractivity contribution in [2.45, 2.75) is 72.0 Å². The maximum Gasteiger partial charge on any atom is 0.330 e. The van der Waals surface area contributed by atoms with Gasteiger partial charge in [-0.1, -0.05) is 33.8 Å². The summed E-state index contributed by atoms with van der Waals surface area (Å²) in [6.07, 6.45) is 4.01. The average Bonchev–Trinajstić information content (AvgIpc) is 3.22. The number of carbonyl (C=O) groups is 5. The Morgan fingerprint density at radius 2 is 1.81 bits per heavy atom. The number of rotatable bonds is 15. The minimum atomic E-state index is -0.891. The number of hydrogen-bond donors (Lipinski definition) is 5. The molecule has 0 bridgehead atoms. The predicted octanol–water partition coefficient (Wildman–Crippen LogP) is 1.21. The van der Waals surface area contributed by atoms with Crippen LogP contribution in [0.15, 0.2) is 12.2 Å². The third-order valence-electron chi connectivity index (χ3n) is 5.74. The Kier molecular flexibility index (Phi) is 14.7. The number of esters is 1. The van der Waals surface area contributed by atoms with Crippen molar-refractivity contribution >= 4 is 41.3 Å². The summed E-state index contributed by atoms with van der Waals surface area (Å²) < 4.78 is 4.92. The zero-order valence-corrected chi connectivity index (χ0v) is 23.2. The van der Waals surface area contributed by atoms with Crippen LogP contribution >= 0.6 is 11.6 Å². The van der Waals surface area contributed by atoms with Crippen molar-refractivity contribution in [1.82, 2.24) is 26.6 Å². The van der Waals surface area contributed by atoms with Gasteiger partial charge in [-0.25, -0.2) is 9.59 Å². The minimum absolute atomic E-state index is 0.0719. The molecule has 1 aliphatic heterocycles. The molecular formula is C25H42ClN5O6. The van der Waals surface area contributed by atoms with Crippen LogP contribution in [0, 0.1) is 17.8 Å². The van der Waals surface area contributed by atoms with Crippen LogP contribution in [-0.2, 0) is 23.9 Å². The summed E-state index contributed by atoms with van der Waals surface area (Å²) in [5, 5.41) is 13.6. The molecule has 0 unspecified atom stereocenters. The lowest BCUT2D eigenvalue weighted by Gasteiger charge is -2.27. The highest BCUT2D eigenvalue weighted by molar-refractivity contribution is 6.18.